The van der Waals surface area contributed by atoms with E-state index in [0.717, 1.165) is 11.1 Å². The molecule has 1 unspecified atom stereocenters. The maximum Gasteiger partial charge on any atom is 0.371 e. The van der Waals surface area contributed by atoms with Crippen molar-refractivity contribution >= 4 is 17.7 Å². The molecule has 0 radical (unpaired) electrons. The Labute approximate surface area is 114 Å². The monoisotopic (exact) mass is 273 g/mol. The van der Waals surface area contributed by atoms with Gasteiger partial charge in [0.1, 0.15) is 11.5 Å². The molecule has 3 aliphatic rings. The summed E-state index contributed by atoms with van der Waals surface area (Å²) in [6, 6.07) is -0.415. The van der Waals surface area contributed by atoms with Crippen LogP contribution in [0.25, 0.3) is 0 Å². The zero-order chi connectivity index (χ0) is 14.3. The minimum atomic E-state index is -1.12. The van der Waals surface area contributed by atoms with Crippen LogP contribution >= 0.6 is 0 Å². The van der Waals surface area contributed by atoms with Gasteiger partial charge in [-0.05, 0) is 35.8 Å². The SMILES string of the molecule is O=C(O)C1=CCC2=CC3=CCC(C(=O)O)=NC3C=C2O1. The third-order valence-electron chi connectivity index (χ3n) is 3.32. The van der Waals surface area contributed by atoms with Crippen molar-refractivity contribution in [1.29, 1.82) is 0 Å². The first kappa shape index (κ1) is 12.4. The lowest BCUT2D eigenvalue weighted by Gasteiger charge is -2.26. The standard InChI is InChI=1S/C14H11NO5/c16-13(17)9-3-1-7-5-8-2-4-11(14(18)19)20-12(8)6-10(7)15-9/h1,4-6,10H,2-3H2,(H,16,17)(H,18,19). The van der Waals surface area contributed by atoms with E-state index in [2.05, 4.69) is 4.99 Å². The van der Waals surface area contributed by atoms with Crippen LogP contribution in [0.4, 0.5) is 0 Å². The highest BCUT2D eigenvalue weighted by Gasteiger charge is 2.28. The fraction of sp³-hybridized carbons (Fsp3) is 0.214. The molecule has 0 saturated heterocycles. The Morgan fingerprint density at radius 1 is 1.20 bits per heavy atom. The highest BCUT2D eigenvalue weighted by Crippen LogP contribution is 2.34. The number of rotatable bonds is 2. The lowest BCUT2D eigenvalue weighted by Crippen LogP contribution is -2.24. The number of fused-ring (bicyclic) bond motifs is 2. The number of allylic oxidation sites excluding steroid dienone is 3. The summed E-state index contributed by atoms with van der Waals surface area (Å²) in [5, 5.41) is 17.9. The summed E-state index contributed by atoms with van der Waals surface area (Å²) in [6.45, 7) is 0. The summed E-state index contributed by atoms with van der Waals surface area (Å²) in [5.41, 5.74) is 1.90. The quantitative estimate of drug-likeness (QED) is 0.793. The fourth-order valence-corrected chi connectivity index (χ4v) is 2.33. The number of aliphatic carboxylic acids is 2. The van der Waals surface area contributed by atoms with Crippen LogP contribution in [0.15, 0.2) is 52.0 Å². The molecule has 0 amide bonds. The molecule has 3 rings (SSSR count). The van der Waals surface area contributed by atoms with Crippen LogP contribution < -0.4 is 0 Å². The maximum absolute atomic E-state index is 10.9. The van der Waals surface area contributed by atoms with Gasteiger partial charge in [0.2, 0.25) is 5.76 Å². The second kappa shape index (κ2) is 4.48. The van der Waals surface area contributed by atoms with E-state index in [1.807, 2.05) is 12.2 Å². The van der Waals surface area contributed by atoms with Gasteiger partial charge in [0, 0.05) is 6.42 Å². The smallest absolute Gasteiger partial charge is 0.371 e. The number of carboxylic acid groups (broad SMARTS) is 2. The van der Waals surface area contributed by atoms with Gasteiger partial charge in [-0.3, -0.25) is 4.99 Å². The number of dihydropyridines is 1. The van der Waals surface area contributed by atoms with Crippen molar-refractivity contribution in [3.8, 4) is 0 Å². The average Bonchev–Trinajstić information content (AvgIpc) is 2.43. The van der Waals surface area contributed by atoms with Gasteiger partial charge in [0.15, 0.2) is 0 Å². The van der Waals surface area contributed by atoms with Crippen LogP contribution in [0.1, 0.15) is 12.8 Å². The Hall–Kier alpha value is -2.63. The van der Waals surface area contributed by atoms with Gasteiger partial charge in [-0.2, -0.15) is 0 Å². The summed E-state index contributed by atoms with van der Waals surface area (Å²) < 4.78 is 5.31. The molecule has 0 spiro atoms. The molecule has 1 aliphatic carbocycles. The summed E-state index contributed by atoms with van der Waals surface area (Å²) >= 11 is 0. The van der Waals surface area contributed by atoms with Gasteiger partial charge in [0.25, 0.3) is 0 Å². The molecule has 2 heterocycles. The fourth-order valence-electron chi connectivity index (χ4n) is 2.33. The van der Waals surface area contributed by atoms with Crippen LogP contribution in [0, 0.1) is 0 Å². The van der Waals surface area contributed by atoms with Crippen LogP contribution in [0.5, 0.6) is 0 Å². The molecule has 6 nitrogen and oxygen atoms in total. The Balaban J connectivity index is 1.94. The molecule has 0 fully saturated rings. The number of nitrogens with zero attached hydrogens (tertiary/aromatic N) is 1. The predicted octanol–water partition coefficient (Wildman–Crippen LogP) is 1.42. The van der Waals surface area contributed by atoms with Gasteiger partial charge in [0.05, 0.1) is 6.04 Å². The maximum atomic E-state index is 10.9. The first-order valence-corrected chi connectivity index (χ1v) is 6.08. The van der Waals surface area contributed by atoms with Gasteiger partial charge in [-0.15, -0.1) is 0 Å². The number of hydrogen-bond acceptors (Lipinski definition) is 4. The van der Waals surface area contributed by atoms with Crippen molar-refractivity contribution in [2.24, 2.45) is 4.99 Å². The largest absolute Gasteiger partial charge is 0.477 e. The molecule has 102 valence electrons. The summed E-state index contributed by atoms with van der Waals surface area (Å²) in [7, 11) is 0. The molecule has 0 saturated carbocycles. The number of hydrogen-bond donors (Lipinski definition) is 2. The van der Waals surface area contributed by atoms with Crippen LogP contribution in [-0.2, 0) is 14.3 Å². The minimum Gasteiger partial charge on any atom is -0.477 e. The normalized spacial score (nSPS) is 23.8. The molecule has 0 aromatic heterocycles. The summed E-state index contributed by atoms with van der Waals surface area (Å²) in [4.78, 5) is 26.0. The van der Waals surface area contributed by atoms with Gasteiger partial charge >= 0.3 is 11.9 Å². The van der Waals surface area contributed by atoms with Crippen molar-refractivity contribution in [1.82, 2.24) is 0 Å². The molecule has 0 bridgehead atoms. The topological polar surface area (TPSA) is 96.2 Å². The zero-order valence-corrected chi connectivity index (χ0v) is 10.4. The first-order valence-electron chi connectivity index (χ1n) is 6.08. The Morgan fingerprint density at radius 3 is 2.70 bits per heavy atom. The van der Waals surface area contributed by atoms with Gasteiger partial charge < -0.3 is 14.9 Å². The molecule has 0 aromatic rings. The number of carbonyl (C=O) groups is 2. The minimum absolute atomic E-state index is 0.0947. The van der Waals surface area contributed by atoms with E-state index >= 15 is 0 Å². The molecule has 1 atom stereocenters. The number of aliphatic imine (C=N–C) groups is 1. The summed E-state index contributed by atoms with van der Waals surface area (Å²) in [5.74, 6) is -1.82. The first-order chi connectivity index (χ1) is 9.54. The molecule has 2 N–H and O–H groups in total. The molecular formula is C14H11NO5. The van der Waals surface area contributed by atoms with Crippen LogP contribution in [0.2, 0.25) is 0 Å². The van der Waals surface area contributed by atoms with E-state index in [4.69, 9.17) is 14.9 Å². The Bertz CT molecular complexity index is 663. The molecule has 0 aromatic carbocycles. The van der Waals surface area contributed by atoms with Crippen molar-refractivity contribution in [2.75, 3.05) is 0 Å². The Kier molecular flexibility index (Phi) is 2.78. The van der Waals surface area contributed by atoms with Crippen LogP contribution in [0.3, 0.4) is 0 Å². The second-order valence-corrected chi connectivity index (χ2v) is 4.61. The third kappa shape index (κ3) is 2.05. The summed E-state index contributed by atoms with van der Waals surface area (Å²) in [6.07, 6.45) is 7.67. The van der Waals surface area contributed by atoms with Crippen molar-refractivity contribution in [3.63, 3.8) is 0 Å². The molecule has 6 heteroatoms. The van der Waals surface area contributed by atoms with Crippen molar-refractivity contribution in [3.05, 3.63) is 47.0 Å². The van der Waals surface area contributed by atoms with E-state index in [9.17, 15) is 9.59 Å². The van der Waals surface area contributed by atoms with E-state index < -0.39 is 18.0 Å². The molecule has 20 heavy (non-hydrogen) atoms. The lowest BCUT2D eigenvalue weighted by atomic mass is 9.90. The second-order valence-electron chi connectivity index (χ2n) is 4.61. The average molecular weight is 273 g/mol. The van der Waals surface area contributed by atoms with Crippen molar-refractivity contribution < 1.29 is 24.5 Å². The lowest BCUT2D eigenvalue weighted by molar-refractivity contribution is -0.136. The van der Waals surface area contributed by atoms with E-state index in [0.29, 0.717) is 18.6 Å². The predicted molar refractivity (Wildman–Crippen MR) is 69.1 cm³/mol. The highest BCUT2D eigenvalue weighted by molar-refractivity contribution is 6.36. The Morgan fingerprint density at radius 2 is 2.00 bits per heavy atom. The zero-order valence-electron chi connectivity index (χ0n) is 10.4. The van der Waals surface area contributed by atoms with Gasteiger partial charge in [-0.1, -0.05) is 6.08 Å². The van der Waals surface area contributed by atoms with E-state index in [1.165, 1.54) is 6.08 Å². The van der Waals surface area contributed by atoms with E-state index in [1.54, 1.807) is 6.08 Å². The van der Waals surface area contributed by atoms with Gasteiger partial charge in [-0.25, -0.2) is 9.59 Å². The third-order valence-corrected chi connectivity index (χ3v) is 3.32. The highest BCUT2D eigenvalue weighted by atomic mass is 16.5. The van der Waals surface area contributed by atoms with E-state index in [-0.39, 0.29) is 11.5 Å². The molecule has 2 aliphatic heterocycles. The number of carboxylic acids is 2. The number of ether oxygens (including phenoxy) is 1. The molecular weight excluding hydrogens is 262 g/mol. The van der Waals surface area contributed by atoms with Crippen LogP contribution in [-0.4, -0.2) is 33.9 Å². The van der Waals surface area contributed by atoms with Crippen molar-refractivity contribution in [2.45, 2.75) is 18.9 Å².